The lowest BCUT2D eigenvalue weighted by atomic mass is 9.88. The minimum atomic E-state index is -0.427. The molecule has 0 aliphatic carbocycles. The molecule has 6 heteroatoms. The number of hydrogen-bond donors (Lipinski definition) is 1. The van der Waals surface area contributed by atoms with Gasteiger partial charge in [0.2, 0.25) is 5.91 Å². The summed E-state index contributed by atoms with van der Waals surface area (Å²) >= 11 is 0. The largest absolute Gasteiger partial charge is 0.351 e. The van der Waals surface area contributed by atoms with Gasteiger partial charge >= 0.3 is 0 Å². The highest BCUT2D eigenvalue weighted by Crippen LogP contribution is 2.22. The van der Waals surface area contributed by atoms with Crippen LogP contribution in [0.15, 0.2) is 0 Å². The molecular weight excluding hydrogens is 254 g/mol. The number of carbonyl (C=O) groups excluding carboxylic acids is 1. The highest BCUT2D eigenvalue weighted by atomic mass is 16.2. The Labute approximate surface area is 121 Å². The fourth-order valence-corrected chi connectivity index (χ4v) is 1.61. The topological polar surface area (TPSA) is 72.7 Å². The molecule has 0 aliphatic heterocycles. The minimum Gasteiger partial charge on any atom is -0.351 e. The van der Waals surface area contributed by atoms with Crippen LogP contribution in [0.4, 0.5) is 0 Å². The number of amides is 1. The van der Waals surface area contributed by atoms with Crippen LogP contribution in [-0.2, 0) is 10.2 Å². The fourth-order valence-electron chi connectivity index (χ4n) is 1.61. The smallest absolute Gasteiger partial charge is 0.244 e. The van der Waals surface area contributed by atoms with Crippen molar-refractivity contribution >= 4 is 5.91 Å². The van der Waals surface area contributed by atoms with E-state index in [1.165, 1.54) is 0 Å². The fraction of sp³-hybridized carbons (Fsp3) is 0.857. The highest BCUT2D eigenvalue weighted by molar-refractivity contribution is 5.80. The lowest BCUT2D eigenvalue weighted by Gasteiger charge is -2.29. The molecule has 0 bridgehead atoms. The van der Waals surface area contributed by atoms with Gasteiger partial charge in [-0.15, -0.1) is 5.10 Å². The first kappa shape index (κ1) is 16.6. The molecule has 1 aromatic rings. The molecule has 1 N–H and O–H groups in total. The van der Waals surface area contributed by atoms with E-state index in [4.69, 9.17) is 0 Å². The van der Waals surface area contributed by atoms with Crippen molar-refractivity contribution in [3.63, 3.8) is 0 Å². The van der Waals surface area contributed by atoms with E-state index in [0.717, 1.165) is 0 Å². The molecule has 1 heterocycles. The number of hydrogen-bond acceptors (Lipinski definition) is 4. The van der Waals surface area contributed by atoms with Crippen LogP contribution in [0, 0.1) is 5.41 Å². The van der Waals surface area contributed by atoms with Crippen molar-refractivity contribution in [2.75, 3.05) is 0 Å². The van der Waals surface area contributed by atoms with Gasteiger partial charge in [-0.3, -0.25) is 4.79 Å². The van der Waals surface area contributed by atoms with E-state index in [2.05, 4.69) is 41.6 Å². The molecule has 0 aliphatic rings. The quantitative estimate of drug-likeness (QED) is 0.920. The molecule has 1 rings (SSSR count). The third-order valence-corrected chi connectivity index (χ3v) is 3.57. The monoisotopic (exact) mass is 281 g/mol. The summed E-state index contributed by atoms with van der Waals surface area (Å²) in [5, 5.41) is 14.7. The average molecular weight is 281 g/mol. The van der Waals surface area contributed by atoms with Gasteiger partial charge in [-0.05, 0) is 29.7 Å². The Morgan fingerprint density at radius 1 is 1.15 bits per heavy atom. The average Bonchev–Trinajstić information content (AvgIpc) is 2.74. The van der Waals surface area contributed by atoms with Crippen LogP contribution in [0.1, 0.15) is 67.3 Å². The van der Waals surface area contributed by atoms with Crippen molar-refractivity contribution in [2.24, 2.45) is 5.41 Å². The Hall–Kier alpha value is -1.46. The van der Waals surface area contributed by atoms with E-state index in [0.29, 0.717) is 5.82 Å². The first-order valence-corrected chi connectivity index (χ1v) is 7.03. The molecule has 0 fully saturated rings. The molecule has 0 saturated heterocycles. The van der Waals surface area contributed by atoms with Gasteiger partial charge in [-0.2, -0.15) is 0 Å². The molecule has 0 saturated carbocycles. The predicted molar refractivity (Wildman–Crippen MR) is 78.3 cm³/mol. The third kappa shape index (κ3) is 3.77. The zero-order valence-corrected chi connectivity index (χ0v) is 13.9. The first-order chi connectivity index (χ1) is 8.94. The van der Waals surface area contributed by atoms with E-state index in [-0.39, 0.29) is 22.8 Å². The maximum Gasteiger partial charge on any atom is 0.244 e. The number of rotatable bonds is 3. The van der Waals surface area contributed by atoms with Crippen molar-refractivity contribution < 1.29 is 4.79 Å². The van der Waals surface area contributed by atoms with E-state index in [1.54, 1.807) is 4.68 Å². The number of tetrazole rings is 1. The van der Waals surface area contributed by atoms with Crippen molar-refractivity contribution in [3.8, 4) is 0 Å². The SMILES string of the molecule is C[C@H](C(=O)N[C@H](C)C(C)(C)C)n1nnnc1C(C)(C)C. The normalized spacial score (nSPS) is 15.8. The van der Waals surface area contributed by atoms with E-state index < -0.39 is 6.04 Å². The van der Waals surface area contributed by atoms with Gasteiger partial charge in [0.25, 0.3) is 0 Å². The summed E-state index contributed by atoms with van der Waals surface area (Å²) in [6.45, 7) is 16.2. The maximum atomic E-state index is 12.4. The Balaban J connectivity index is 2.89. The molecule has 2 atom stereocenters. The third-order valence-electron chi connectivity index (χ3n) is 3.57. The lowest BCUT2D eigenvalue weighted by molar-refractivity contribution is -0.125. The molecule has 20 heavy (non-hydrogen) atoms. The number of aromatic nitrogens is 4. The summed E-state index contributed by atoms with van der Waals surface area (Å²) in [6, 6.07) is -0.351. The van der Waals surface area contributed by atoms with E-state index in [9.17, 15) is 4.79 Å². The van der Waals surface area contributed by atoms with E-state index >= 15 is 0 Å². The van der Waals surface area contributed by atoms with Crippen LogP contribution >= 0.6 is 0 Å². The van der Waals surface area contributed by atoms with Crippen LogP contribution in [0.5, 0.6) is 0 Å². The zero-order valence-electron chi connectivity index (χ0n) is 13.9. The first-order valence-electron chi connectivity index (χ1n) is 7.03. The lowest BCUT2D eigenvalue weighted by Crippen LogP contribution is -2.44. The van der Waals surface area contributed by atoms with Crippen molar-refractivity contribution in [1.82, 2.24) is 25.5 Å². The summed E-state index contributed by atoms with van der Waals surface area (Å²) in [6.07, 6.45) is 0. The molecular formula is C14H27N5O. The van der Waals surface area contributed by atoms with Crippen molar-refractivity contribution in [1.29, 1.82) is 0 Å². The number of carbonyl (C=O) groups is 1. The Morgan fingerprint density at radius 2 is 1.70 bits per heavy atom. The molecule has 0 aromatic carbocycles. The Bertz CT molecular complexity index is 467. The Kier molecular flexibility index (Phi) is 4.56. The second-order valence-corrected chi connectivity index (χ2v) is 7.47. The standard InChI is InChI=1S/C14H27N5O/c1-9(11(20)15-10(2)13(3,4)5)19-12(14(6,7)8)16-17-18-19/h9-10H,1-8H3,(H,15,20)/t9-,10-/m1/s1. The molecule has 0 unspecified atom stereocenters. The summed E-state index contributed by atoms with van der Waals surface area (Å²) in [4.78, 5) is 12.4. The molecule has 0 radical (unpaired) electrons. The second-order valence-electron chi connectivity index (χ2n) is 7.47. The summed E-state index contributed by atoms with van der Waals surface area (Å²) in [5.41, 5.74) is -0.184. The van der Waals surface area contributed by atoms with Crippen LogP contribution < -0.4 is 5.32 Å². The van der Waals surface area contributed by atoms with Gasteiger partial charge < -0.3 is 5.32 Å². The van der Waals surface area contributed by atoms with Gasteiger partial charge in [-0.1, -0.05) is 41.5 Å². The zero-order chi connectivity index (χ0) is 15.7. The van der Waals surface area contributed by atoms with Crippen LogP contribution in [-0.4, -0.2) is 32.2 Å². The minimum absolute atomic E-state index is 0.0167. The summed E-state index contributed by atoms with van der Waals surface area (Å²) in [7, 11) is 0. The molecule has 0 spiro atoms. The van der Waals surface area contributed by atoms with Gasteiger partial charge in [-0.25, -0.2) is 4.68 Å². The van der Waals surface area contributed by atoms with Crippen LogP contribution in [0.3, 0.4) is 0 Å². The maximum absolute atomic E-state index is 12.4. The van der Waals surface area contributed by atoms with Gasteiger partial charge in [0, 0.05) is 11.5 Å². The molecule has 1 amide bonds. The molecule has 114 valence electrons. The summed E-state index contributed by atoms with van der Waals surface area (Å²) in [5.74, 6) is 0.647. The van der Waals surface area contributed by atoms with Crippen LogP contribution in [0.2, 0.25) is 0 Å². The van der Waals surface area contributed by atoms with Crippen molar-refractivity contribution in [2.45, 2.75) is 72.9 Å². The van der Waals surface area contributed by atoms with Crippen LogP contribution in [0.25, 0.3) is 0 Å². The van der Waals surface area contributed by atoms with E-state index in [1.807, 2.05) is 34.6 Å². The predicted octanol–water partition coefficient (Wildman–Crippen LogP) is 2.08. The highest BCUT2D eigenvalue weighted by Gasteiger charge is 2.29. The van der Waals surface area contributed by atoms with Gasteiger partial charge in [0.1, 0.15) is 6.04 Å². The summed E-state index contributed by atoms with van der Waals surface area (Å²) < 4.78 is 1.60. The molecule has 1 aromatic heterocycles. The molecule has 6 nitrogen and oxygen atoms in total. The Morgan fingerprint density at radius 3 is 2.15 bits per heavy atom. The second kappa shape index (κ2) is 5.50. The van der Waals surface area contributed by atoms with Gasteiger partial charge in [0.05, 0.1) is 0 Å². The van der Waals surface area contributed by atoms with Crippen molar-refractivity contribution in [3.05, 3.63) is 5.82 Å². The number of nitrogens with zero attached hydrogens (tertiary/aromatic N) is 4. The van der Waals surface area contributed by atoms with Gasteiger partial charge in [0.15, 0.2) is 5.82 Å². The number of nitrogens with one attached hydrogen (secondary N) is 1.